The van der Waals surface area contributed by atoms with E-state index in [9.17, 15) is 8.42 Å². The van der Waals surface area contributed by atoms with Crippen LogP contribution in [0.2, 0.25) is 0 Å². The van der Waals surface area contributed by atoms with Gasteiger partial charge in [-0.05, 0) is 24.6 Å². The van der Waals surface area contributed by atoms with Crippen molar-refractivity contribution < 1.29 is 13.2 Å². The highest BCUT2D eigenvalue weighted by Crippen LogP contribution is 2.28. The van der Waals surface area contributed by atoms with Gasteiger partial charge in [-0.15, -0.1) is 0 Å². The van der Waals surface area contributed by atoms with E-state index in [1.54, 1.807) is 6.07 Å². The van der Waals surface area contributed by atoms with Crippen molar-refractivity contribution in [2.45, 2.75) is 17.6 Å². The summed E-state index contributed by atoms with van der Waals surface area (Å²) >= 11 is 0. The minimum absolute atomic E-state index is 0.0619. The van der Waals surface area contributed by atoms with Crippen LogP contribution in [0.15, 0.2) is 47.4 Å². The van der Waals surface area contributed by atoms with E-state index < -0.39 is 9.84 Å². The summed E-state index contributed by atoms with van der Waals surface area (Å²) in [7, 11) is -2.04. The number of anilines is 1. The van der Waals surface area contributed by atoms with Crippen LogP contribution in [0.1, 0.15) is 11.1 Å². The van der Waals surface area contributed by atoms with E-state index >= 15 is 0 Å². The lowest BCUT2D eigenvalue weighted by Crippen LogP contribution is -2.07. The Labute approximate surface area is 119 Å². The van der Waals surface area contributed by atoms with Crippen LogP contribution in [-0.4, -0.2) is 15.5 Å². The van der Waals surface area contributed by atoms with Crippen molar-refractivity contribution in [1.82, 2.24) is 0 Å². The minimum atomic E-state index is -3.47. The third kappa shape index (κ3) is 3.11. The third-order valence-electron chi connectivity index (χ3n) is 3.00. The number of hydrogen-bond acceptors (Lipinski definition) is 4. The predicted molar refractivity (Wildman–Crippen MR) is 79.5 cm³/mol. The Kier molecular flexibility index (Phi) is 3.99. The average Bonchev–Trinajstić information content (AvgIpc) is 2.40. The van der Waals surface area contributed by atoms with Crippen molar-refractivity contribution in [1.29, 1.82) is 0 Å². The molecule has 0 atom stereocenters. The Balaban J connectivity index is 2.38. The molecule has 0 radical (unpaired) electrons. The summed E-state index contributed by atoms with van der Waals surface area (Å²) in [5.41, 5.74) is 7.95. The number of nitrogens with two attached hydrogens (primary N) is 1. The summed E-state index contributed by atoms with van der Waals surface area (Å²) < 4.78 is 30.0. The van der Waals surface area contributed by atoms with Gasteiger partial charge in [0.25, 0.3) is 0 Å². The maximum Gasteiger partial charge on any atom is 0.186 e. The molecule has 2 N–H and O–H groups in total. The van der Waals surface area contributed by atoms with E-state index in [-0.39, 0.29) is 16.4 Å². The lowest BCUT2D eigenvalue weighted by Gasteiger charge is -2.10. The zero-order chi connectivity index (χ0) is 14.8. The van der Waals surface area contributed by atoms with Crippen molar-refractivity contribution in [3.8, 4) is 5.75 Å². The van der Waals surface area contributed by atoms with Gasteiger partial charge >= 0.3 is 0 Å². The molecule has 2 aromatic carbocycles. The molecule has 0 aromatic heterocycles. The molecule has 0 heterocycles. The Morgan fingerprint density at radius 2 is 1.75 bits per heavy atom. The number of ether oxygens (including phenoxy) is 1. The molecule has 0 aliphatic heterocycles. The molecule has 20 heavy (non-hydrogen) atoms. The Hall–Kier alpha value is -2.01. The fraction of sp³-hybridized carbons (Fsp3) is 0.200. The number of nitrogen functional groups attached to an aromatic ring is 1. The molecule has 0 aliphatic rings. The number of methoxy groups -OCH3 is 1. The van der Waals surface area contributed by atoms with Crippen LogP contribution in [0.5, 0.6) is 5.75 Å². The van der Waals surface area contributed by atoms with Gasteiger partial charge < -0.3 is 10.5 Å². The van der Waals surface area contributed by atoms with Crippen molar-refractivity contribution >= 4 is 15.5 Å². The molecule has 0 spiro atoms. The smallest absolute Gasteiger partial charge is 0.186 e. The molecule has 2 aromatic rings. The van der Waals surface area contributed by atoms with Gasteiger partial charge in [0, 0.05) is 11.8 Å². The lowest BCUT2D eigenvalue weighted by atomic mass is 10.2. The molecule has 4 nitrogen and oxygen atoms in total. The topological polar surface area (TPSA) is 69.4 Å². The van der Waals surface area contributed by atoms with Crippen LogP contribution in [-0.2, 0) is 15.6 Å². The fourth-order valence-corrected chi connectivity index (χ4v) is 3.43. The second kappa shape index (κ2) is 5.54. The lowest BCUT2D eigenvalue weighted by molar-refractivity contribution is 0.403. The van der Waals surface area contributed by atoms with Crippen molar-refractivity contribution in [2.24, 2.45) is 0 Å². The highest BCUT2D eigenvalue weighted by atomic mass is 32.2. The van der Waals surface area contributed by atoms with Crippen LogP contribution < -0.4 is 10.5 Å². The van der Waals surface area contributed by atoms with Gasteiger partial charge in [0.1, 0.15) is 10.6 Å². The molecule has 0 fully saturated rings. The molecular weight excluding hydrogens is 274 g/mol. The first-order valence-electron chi connectivity index (χ1n) is 6.14. The van der Waals surface area contributed by atoms with E-state index in [1.165, 1.54) is 19.2 Å². The highest BCUT2D eigenvalue weighted by Gasteiger charge is 2.20. The van der Waals surface area contributed by atoms with Gasteiger partial charge in [0.05, 0.1) is 12.9 Å². The maximum atomic E-state index is 12.5. The molecular formula is C15H17NO3S. The summed E-state index contributed by atoms with van der Waals surface area (Å²) in [6.45, 7) is 1.96. The van der Waals surface area contributed by atoms with Gasteiger partial charge in [0.15, 0.2) is 9.84 Å². The average molecular weight is 291 g/mol. The zero-order valence-electron chi connectivity index (χ0n) is 11.5. The molecule has 0 saturated heterocycles. The zero-order valence-corrected chi connectivity index (χ0v) is 12.3. The molecule has 2 rings (SSSR count). The first kappa shape index (κ1) is 14.4. The summed E-state index contributed by atoms with van der Waals surface area (Å²) in [6.07, 6.45) is 0. The second-order valence-electron chi connectivity index (χ2n) is 4.65. The standard InChI is InChI=1S/C15H17NO3S/c1-11-3-5-12(6-4-11)10-20(17,18)15-8-7-13(16)9-14(15)19-2/h3-9H,10,16H2,1-2H3. The van der Waals surface area contributed by atoms with E-state index in [0.29, 0.717) is 5.69 Å². The minimum Gasteiger partial charge on any atom is -0.495 e. The molecule has 0 bridgehead atoms. The van der Waals surface area contributed by atoms with Crippen molar-refractivity contribution in [2.75, 3.05) is 12.8 Å². The van der Waals surface area contributed by atoms with Gasteiger partial charge in [-0.2, -0.15) is 0 Å². The molecule has 0 amide bonds. The second-order valence-corrected chi connectivity index (χ2v) is 6.61. The first-order chi connectivity index (χ1) is 9.42. The van der Waals surface area contributed by atoms with Crippen LogP contribution in [0, 0.1) is 6.92 Å². The molecule has 0 unspecified atom stereocenters. The third-order valence-corrected chi connectivity index (χ3v) is 4.72. The largest absolute Gasteiger partial charge is 0.495 e. The Bertz CT molecular complexity index is 706. The monoisotopic (exact) mass is 291 g/mol. The number of sulfone groups is 1. The van der Waals surface area contributed by atoms with E-state index in [4.69, 9.17) is 10.5 Å². The summed E-state index contributed by atoms with van der Waals surface area (Å²) in [4.78, 5) is 0.162. The van der Waals surface area contributed by atoms with E-state index in [1.807, 2.05) is 31.2 Å². The maximum absolute atomic E-state index is 12.5. The van der Waals surface area contributed by atoms with E-state index in [0.717, 1.165) is 11.1 Å². The van der Waals surface area contributed by atoms with Gasteiger partial charge in [-0.1, -0.05) is 29.8 Å². The quantitative estimate of drug-likeness (QED) is 0.879. The highest BCUT2D eigenvalue weighted by molar-refractivity contribution is 7.90. The summed E-state index contributed by atoms with van der Waals surface area (Å²) in [5, 5.41) is 0. The molecule has 0 saturated carbocycles. The number of aryl methyl sites for hydroxylation is 1. The Morgan fingerprint density at radius 1 is 1.10 bits per heavy atom. The number of rotatable bonds is 4. The summed E-state index contributed by atoms with van der Waals surface area (Å²) in [5.74, 6) is 0.213. The van der Waals surface area contributed by atoms with Gasteiger partial charge in [-0.3, -0.25) is 0 Å². The molecule has 5 heteroatoms. The van der Waals surface area contributed by atoms with Crippen molar-refractivity contribution in [3.05, 3.63) is 53.6 Å². The molecule has 0 aliphatic carbocycles. The Morgan fingerprint density at radius 3 is 2.35 bits per heavy atom. The van der Waals surface area contributed by atoms with Gasteiger partial charge in [0.2, 0.25) is 0 Å². The van der Waals surface area contributed by atoms with E-state index in [2.05, 4.69) is 0 Å². The molecule has 106 valence electrons. The van der Waals surface area contributed by atoms with Crippen LogP contribution in [0.3, 0.4) is 0 Å². The van der Waals surface area contributed by atoms with Crippen molar-refractivity contribution in [3.63, 3.8) is 0 Å². The van der Waals surface area contributed by atoms with Gasteiger partial charge in [-0.25, -0.2) is 8.42 Å². The van der Waals surface area contributed by atoms with Crippen LogP contribution in [0.4, 0.5) is 5.69 Å². The number of benzene rings is 2. The van der Waals surface area contributed by atoms with Crippen LogP contribution >= 0.6 is 0 Å². The predicted octanol–water partition coefficient (Wildman–Crippen LogP) is 2.56. The normalized spacial score (nSPS) is 11.3. The SMILES string of the molecule is COc1cc(N)ccc1S(=O)(=O)Cc1ccc(C)cc1. The fourth-order valence-electron chi connectivity index (χ4n) is 1.92. The van der Waals surface area contributed by atoms with Crippen LogP contribution in [0.25, 0.3) is 0 Å². The summed E-state index contributed by atoms with van der Waals surface area (Å²) in [6, 6.07) is 12.0. The number of hydrogen-bond donors (Lipinski definition) is 1. The first-order valence-corrected chi connectivity index (χ1v) is 7.79.